The summed E-state index contributed by atoms with van der Waals surface area (Å²) in [4.78, 5) is 12.9. The number of halogens is 1. The molecule has 0 saturated heterocycles. The molecule has 0 bridgehead atoms. The smallest absolute Gasteiger partial charge is 0.264 e. The molecule has 0 aliphatic rings. The van der Waals surface area contributed by atoms with Gasteiger partial charge in [-0.05, 0) is 55.8 Å². The van der Waals surface area contributed by atoms with E-state index in [0.29, 0.717) is 16.5 Å². The lowest BCUT2D eigenvalue weighted by Crippen LogP contribution is -2.47. The first-order valence-corrected chi connectivity index (χ1v) is 8.67. The number of ether oxygens (including phenoxy) is 1. The molecule has 1 N–H and O–H groups in total. The minimum Gasteiger partial charge on any atom is -0.478 e. The van der Waals surface area contributed by atoms with E-state index in [2.05, 4.69) is 5.32 Å². The summed E-state index contributed by atoms with van der Waals surface area (Å²) in [5.41, 5.74) is -0.147. The number of nitrogens with one attached hydrogen (secondary N) is 1. The number of benzene rings is 2. The van der Waals surface area contributed by atoms with E-state index >= 15 is 0 Å². The Morgan fingerprint density at radius 3 is 2.35 bits per heavy atom. The van der Waals surface area contributed by atoms with E-state index in [4.69, 9.17) is 20.8 Å². The Labute approximate surface area is 157 Å². The molecule has 1 heterocycles. The molecule has 0 fully saturated rings. The maximum Gasteiger partial charge on any atom is 0.264 e. The molecular formula is C21H20ClNO3. The van der Waals surface area contributed by atoms with Gasteiger partial charge in [-0.15, -0.1) is 0 Å². The third-order valence-electron chi connectivity index (χ3n) is 3.97. The predicted octanol–water partition coefficient (Wildman–Crippen LogP) is 5.00. The number of amides is 1. The van der Waals surface area contributed by atoms with Crippen molar-refractivity contribution in [2.24, 2.45) is 0 Å². The van der Waals surface area contributed by atoms with Gasteiger partial charge >= 0.3 is 0 Å². The number of rotatable bonds is 6. The average molecular weight is 370 g/mol. The van der Waals surface area contributed by atoms with Gasteiger partial charge in [0.2, 0.25) is 0 Å². The van der Waals surface area contributed by atoms with Crippen molar-refractivity contribution >= 4 is 17.5 Å². The van der Waals surface area contributed by atoms with Crippen LogP contribution >= 0.6 is 11.6 Å². The second-order valence-electron chi connectivity index (χ2n) is 6.40. The largest absolute Gasteiger partial charge is 0.478 e. The van der Waals surface area contributed by atoms with Crippen LogP contribution in [0.1, 0.15) is 31.2 Å². The van der Waals surface area contributed by atoms with Crippen molar-refractivity contribution in [2.45, 2.75) is 25.5 Å². The molecule has 26 heavy (non-hydrogen) atoms. The number of hydrogen-bond acceptors (Lipinski definition) is 3. The van der Waals surface area contributed by atoms with E-state index < -0.39 is 11.6 Å². The molecule has 3 aromatic rings. The first-order valence-electron chi connectivity index (χ1n) is 8.29. The van der Waals surface area contributed by atoms with Crippen molar-refractivity contribution < 1.29 is 13.9 Å². The van der Waals surface area contributed by atoms with Gasteiger partial charge in [0.1, 0.15) is 17.6 Å². The predicted molar refractivity (Wildman–Crippen MR) is 101 cm³/mol. The van der Waals surface area contributed by atoms with Crippen LogP contribution in [0.4, 0.5) is 0 Å². The van der Waals surface area contributed by atoms with Crippen LogP contribution in [0.2, 0.25) is 5.02 Å². The Morgan fingerprint density at radius 1 is 1.04 bits per heavy atom. The third-order valence-corrected chi connectivity index (χ3v) is 4.22. The molecule has 0 unspecified atom stereocenters. The highest BCUT2D eigenvalue weighted by atomic mass is 35.5. The van der Waals surface area contributed by atoms with Crippen LogP contribution in [0.15, 0.2) is 77.4 Å². The zero-order chi connectivity index (χ0) is 18.6. The lowest BCUT2D eigenvalue weighted by molar-refractivity contribution is -0.134. The second-order valence-corrected chi connectivity index (χ2v) is 6.84. The molecule has 4 nitrogen and oxygen atoms in total. The third kappa shape index (κ3) is 4.27. The summed E-state index contributed by atoms with van der Waals surface area (Å²) in [6.45, 7) is 3.45. The van der Waals surface area contributed by atoms with E-state index in [1.165, 1.54) is 0 Å². The lowest BCUT2D eigenvalue weighted by Gasteiger charge is -2.28. The first kappa shape index (κ1) is 18.1. The summed E-state index contributed by atoms with van der Waals surface area (Å²) in [6.07, 6.45) is 1.59. The molecule has 0 spiro atoms. The molecule has 0 aliphatic heterocycles. The fourth-order valence-electron chi connectivity index (χ4n) is 2.57. The number of carbonyl (C=O) groups is 1. The summed E-state index contributed by atoms with van der Waals surface area (Å²) < 4.78 is 11.4. The van der Waals surface area contributed by atoms with Crippen LogP contribution in [-0.4, -0.2) is 11.5 Å². The van der Waals surface area contributed by atoms with Crippen LogP contribution in [0.3, 0.4) is 0 Å². The lowest BCUT2D eigenvalue weighted by atomic mass is 10.0. The maximum absolute atomic E-state index is 12.9. The van der Waals surface area contributed by atoms with E-state index in [9.17, 15) is 4.79 Å². The Balaban J connectivity index is 1.79. The fraction of sp³-hybridized carbons (Fsp3) is 0.190. The van der Waals surface area contributed by atoms with Crippen LogP contribution in [0, 0.1) is 0 Å². The van der Waals surface area contributed by atoms with Crippen molar-refractivity contribution in [1.29, 1.82) is 0 Å². The highest BCUT2D eigenvalue weighted by Crippen LogP contribution is 2.25. The highest BCUT2D eigenvalue weighted by Gasteiger charge is 2.33. The van der Waals surface area contributed by atoms with Crippen molar-refractivity contribution in [3.63, 3.8) is 0 Å². The Kier molecular flexibility index (Phi) is 5.33. The molecule has 0 radical (unpaired) electrons. The van der Waals surface area contributed by atoms with E-state index in [0.717, 1.165) is 5.56 Å². The number of furan rings is 1. The quantitative estimate of drug-likeness (QED) is 0.665. The van der Waals surface area contributed by atoms with Crippen molar-refractivity contribution in [3.8, 4) is 5.75 Å². The summed E-state index contributed by atoms with van der Waals surface area (Å²) in [5, 5.41) is 3.64. The van der Waals surface area contributed by atoms with Gasteiger partial charge in [0.25, 0.3) is 5.91 Å². The summed E-state index contributed by atoms with van der Waals surface area (Å²) in [6, 6.07) is 19.8. The minimum atomic E-state index is -1.08. The molecule has 0 aliphatic carbocycles. The number of hydrogen-bond donors (Lipinski definition) is 1. The van der Waals surface area contributed by atoms with Crippen molar-refractivity contribution in [1.82, 2.24) is 5.32 Å². The standard InChI is InChI=1S/C21H20ClNO3/c1-21(2,26-17-12-10-16(22)11-13-17)20(24)23-19(18-9-6-14-25-18)15-7-4-3-5-8-15/h3-14,19H,1-2H3,(H,23,24)/t19-/m1/s1. The summed E-state index contributed by atoms with van der Waals surface area (Å²) in [7, 11) is 0. The van der Waals surface area contributed by atoms with Crippen LogP contribution in [-0.2, 0) is 4.79 Å². The normalized spacial score (nSPS) is 12.4. The zero-order valence-electron chi connectivity index (χ0n) is 14.6. The van der Waals surface area contributed by atoms with E-state index in [1.807, 2.05) is 36.4 Å². The van der Waals surface area contributed by atoms with Crippen LogP contribution in [0.5, 0.6) is 5.75 Å². The fourth-order valence-corrected chi connectivity index (χ4v) is 2.69. The molecule has 3 rings (SSSR count). The topological polar surface area (TPSA) is 51.5 Å². The van der Waals surface area contributed by atoms with Gasteiger partial charge in [-0.3, -0.25) is 4.79 Å². The maximum atomic E-state index is 12.9. The second kappa shape index (κ2) is 7.67. The van der Waals surface area contributed by atoms with Gasteiger partial charge in [-0.1, -0.05) is 41.9 Å². The molecule has 0 saturated carbocycles. The van der Waals surface area contributed by atoms with Gasteiger partial charge < -0.3 is 14.5 Å². The zero-order valence-corrected chi connectivity index (χ0v) is 15.4. The molecule has 2 aromatic carbocycles. The van der Waals surface area contributed by atoms with Crippen molar-refractivity contribution in [3.05, 3.63) is 89.3 Å². The van der Waals surface area contributed by atoms with Gasteiger partial charge in [-0.25, -0.2) is 0 Å². The molecule has 1 atom stereocenters. The monoisotopic (exact) mass is 369 g/mol. The van der Waals surface area contributed by atoms with Crippen LogP contribution < -0.4 is 10.1 Å². The molecular weight excluding hydrogens is 350 g/mol. The minimum absolute atomic E-state index is 0.252. The molecule has 1 aromatic heterocycles. The molecule has 134 valence electrons. The van der Waals surface area contributed by atoms with E-state index in [1.54, 1.807) is 50.4 Å². The van der Waals surface area contributed by atoms with Crippen LogP contribution in [0.25, 0.3) is 0 Å². The SMILES string of the molecule is CC(C)(Oc1ccc(Cl)cc1)C(=O)N[C@H](c1ccccc1)c1ccco1. The van der Waals surface area contributed by atoms with Gasteiger partial charge in [0.05, 0.1) is 6.26 Å². The van der Waals surface area contributed by atoms with Gasteiger partial charge in [0.15, 0.2) is 5.60 Å². The molecule has 5 heteroatoms. The summed E-state index contributed by atoms with van der Waals surface area (Å²) >= 11 is 5.89. The highest BCUT2D eigenvalue weighted by molar-refractivity contribution is 6.30. The Hall–Kier alpha value is -2.72. The average Bonchev–Trinajstić information content (AvgIpc) is 3.16. The van der Waals surface area contributed by atoms with Crippen molar-refractivity contribution in [2.75, 3.05) is 0 Å². The molecule has 1 amide bonds. The van der Waals surface area contributed by atoms with Gasteiger partial charge in [-0.2, -0.15) is 0 Å². The Bertz CT molecular complexity index is 843. The Morgan fingerprint density at radius 2 is 1.73 bits per heavy atom. The first-order chi connectivity index (χ1) is 12.5. The number of carbonyl (C=O) groups excluding carboxylic acids is 1. The summed E-state index contributed by atoms with van der Waals surface area (Å²) in [5.74, 6) is 0.980. The van der Waals surface area contributed by atoms with E-state index in [-0.39, 0.29) is 5.91 Å². The van der Waals surface area contributed by atoms with Gasteiger partial charge in [0, 0.05) is 5.02 Å².